The first kappa shape index (κ1) is 26.6. The molecule has 2 amide bonds. The number of piperidine rings is 1. The molecule has 0 aliphatic carbocycles. The summed E-state index contributed by atoms with van der Waals surface area (Å²) in [6.45, 7) is 1.67. The van der Waals surface area contributed by atoms with Gasteiger partial charge in [-0.05, 0) is 63.8 Å². The molecule has 2 saturated heterocycles. The summed E-state index contributed by atoms with van der Waals surface area (Å²) in [7, 11) is 0. The van der Waals surface area contributed by atoms with E-state index < -0.39 is 35.9 Å². The molecule has 2 unspecified atom stereocenters. The molecule has 2 bridgehead atoms. The predicted octanol–water partition coefficient (Wildman–Crippen LogP) is 4.13. The molecule has 0 saturated carbocycles. The fraction of sp³-hybridized carbons (Fsp3) is 0.480. The number of pyridine rings is 1. The summed E-state index contributed by atoms with van der Waals surface area (Å²) in [4.78, 5) is 31.3. The fourth-order valence-corrected chi connectivity index (χ4v) is 4.87. The van der Waals surface area contributed by atoms with Crippen LogP contribution >= 0.6 is 0 Å². The van der Waals surface area contributed by atoms with Crippen molar-refractivity contribution in [3.8, 4) is 5.75 Å². The highest BCUT2D eigenvalue weighted by Gasteiger charge is 2.43. The molecule has 37 heavy (non-hydrogen) atoms. The van der Waals surface area contributed by atoms with Gasteiger partial charge in [0.05, 0.1) is 5.56 Å². The molecule has 2 fully saturated rings. The maximum atomic E-state index is 13.5. The topological polar surface area (TPSA) is 83.6 Å². The van der Waals surface area contributed by atoms with Crippen molar-refractivity contribution in [3.05, 3.63) is 53.7 Å². The molecule has 4 rings (SSSR count). The summed E-state index contributed by atoms with van der Waals surface area (Å²) in [5, 5.41) is 4.83. The number of halogens is 5. The number of hydrogen-bond donors (Lipinski definition) is 2. The van der Waals surface area contributed by atoms with Gasteiger partial charge in [-0.2, -0.15) is 13.2 Å². The van der Waals surface area contributed by atoms with Gasteiger partial charge in [0.15, 0.2) is 17.2 Å². The highest BCUT2D eigenvalue weighted by atomic mass is 19.4. The normalized spacial score (nSPS) is 21.5. The Bertz CT molecular complexity index is 1140. The molecule has 7 nitrogen and oxygen atoms in total. The number of nitrogens with zero attached hydrogens (tertiary/aromatic N) is 2. The minimum Gasteiger partial charge on any atom is -0.478 e. The molecule has 2 N–H and O–H groups in total. The van der Waals surface area contributed by atoms with Crippen LogP contribution in [0.2, 0.25) is 0 Å². The lowest BCUT2D eigenvalue weighted by molar-refractivity contribution is -0.135. The van der Waals surface area contributed by atoms with Gasteiger partial charge in [-0.3, -0.25) is 9.59 Å². The van der Waals surface area contributed by atoms with E-state index in [1.54, 1.807) is 19.9 Å². The Hall–Kier alpha value is -3.44. The summed E-state index contributed by atoms with van der Waals surface area (Å²) in [5.74, 6) is -2.66. The molecule has 1 aromatic heterocycles. The molecule has 2 aromatic rings. The van der Waals surface area contributed by atoms with Crippen molar-refractivity contribution in [1.29, 1.82) is 0 Å². The number of hydrogen-bond acceptors (Lipinski definition) is 5. The number of rotatable bonds is 7. The van der Waals surface area contributed by atoms with Gasteiger partial charge in [-0.15, -0.1) is 0 Å². The number of aromatic nitrogens is 1. The second-order valence-corrected chi connectivity index (χ2v) is 9.83. The summed E-state index contributed by atoms with van der Waals surface area (Å²) in [5.41, 5.74) is -1.30. The molecule has 2 aliphatic heterocycles. The average Bonchev–Trinajstić information content (AvgIpc) is 3.09. The van der Waals surface area contributed by atoms with Crippen LogP contribution in [-0.4, -0.2) is 53.2 Å². The van der Waals surface area contributed by atoms with Crippen LogP contribution in [0.3, 0.4) is 0 Å². The molecular weight excluding hydrogens is 499 g/mol. The van der Waals surface area contributed by atoms with Crippen LogP contribution in [0, 0.1) is 11.6 Å². The molecule has 2 aliphatic rings. The molecular formula is C25H27F5N4O3. The fourth-order valence-electron chi connectivity index (χ4n) is 4.87. The molecule has 3 heterocycles. The van der Waals surface area contributed by atoms with Crippen molar-refractivity contribution in [2.24, 2.45) is 0 Å². The van der Waals surface area contributed by atoms with Crippen LogP contribution in [-0.2, 0) is 4.79 Å². The number of nitrogens with one attached hydrogen (secondary N) is 2. The van der Waals surface area contributed by atoms with E-state index in [-0.39, 0.29) is 35.3 Å². The number of benzene rings is 1. The number of anilines is 1. The van der Waals surface area contributed by atoms with Crippen molar-refractivity contribution >= 4 is 17.6 Å². The van der Waals surface area contributed by atoms with Crippen LogP contribution in [0.5, 0.6) is 5.75 Å². The van der Waals surface area contributed by atoms with E-state index in [2.05, 4.69) is 15.2 Å². The quantitative estimate of drug-likeness (QED) is 0.531. The first-order valence-electron chi connectivity index (χ1n) is 11.9. The van der Waals surface area contributed by atoms with Crippen molar-refractivity contribution in [1.82, 2.24) is 15.6 Å². The Morgan fingerprint density at radius 2 is 1.73 bits per heavy atom. The Morgan fingerprint density at radius 3 is 2.30 bits per heavy atom. The zero-order valence-corrected chi connectivity index (χ0v) is 20.2. The number of ether oxygens (including phenoxy) is 1. The van der Waals surface area contributed by atoms with Gasteiger partial charge < -0.3 is 20.3 Å². The second-order valence-electron chi connectivity index (χ2n) is 9.83. The van der Waals surface area contributed by atoms with Gasteiger partial charge in [0.1, 0.15) is 18.1 Å². The summed E-state index contributed by atoms with van der Waals surface area (Å²) < 4.78 is 69.3. The van der Waals surface area contributed by atoms with Crippen LogP contribution < -0.4 is 20.3 Å². The van der Waals surface area contributed by atoms with E-state index in [9.17, 15) is 31.5 Å². The van der Waals surface area contributed by atoms with Crippen molar-refractivity contribution in [2.75, 3.05) is 11.4 Å². The SMILES string of the molecule is CC(C)(Oc1ccc(F)c(F)c1)C(=O)NC1CC2CCC(C1)N2c1ccc(C(=O)NCC(F)(F)F)cn1. The van der Waals surface area contributed by atoms with Crippen molar-refractivity contribution < 1.29 is 36.3 Å². The number of alkyl halides is 3. The Balaban J connectivity index is 1.35. The van der Waals surface area contributed by atoms with Crippen LogP contribution in [0.25, 0.3) is 0 Å². The maximum Gasteiger partial charge on any atom is 0.405 e. The molecule has 0 radical (unpaired) electrons. The summed E-state index contributed by atoms with van der Waals surface area (Å²) in [6.07, 6.45) is -0.213. The van der Waals surface area contributed by atoms with E-state index in [0.29, 0.717) is 18.7 Å². The second kappa shape index (κ2) is 10.1. The summed E-state index contributed by atoms with van der Waals surface area (Å²) >= 11 is 0. The number of carbonyl (C=O) groups is 2. The lowest BCUT2D eigenvalue weighted by Crippen LogP contribution is -2.55. The highest BCUT2D eigenvalue weighted by Crippen LogP contribution is 2.38. The van der Waals surface area contributed by atoms with Crippen molar-refractivity contribution in [2.45, 2.75) is 69.4 Å². The molecule has 1 aromatic carbocycles. The highest BCUT2D eigenvalue weighted by molar-refractivity contribution is 5.94. The summed E-state index contributed by atoms with van der Waals surface area (Å²) in [6, 6.07) is 6.16. The zero-order valence-electron chi connectivity index (χ0n) is 20.2. The standard InChI is InChI=1S/C25H27F5N4O3/c1-24(2,37-18-6-7-19(26)20(27)11-18)23(36)33-15-9-16-4-5-17(10-15)34(16)21-8-3-14(12-31-21)22(35)32-13-25(28,29)30/h3,6-8,11-12,15-17H,4-5,9-10,13H2,1-2H3,(H,32,35)(H,33,36). The van der Waals surface area contributed by atoms with E-state index in [1.807, 2.05) is 5.32 Å². The van der Waals surface area contributed by atoms with Gasteiger partial charge in [0, 0.05) is 30.4 Å². The molecule has 0 spiro atoms. The van der Waals surface area contributed by atoms with Crippen LogP contribution in [0.1, 0.15) is 49.9 Å². The monoisotopic (exact) mass is 526 g/mol. The third-order valence-electron chi connectivity index (χ3n) is 6.60. The number of fused-ring (bicyclic) bond motifs is 2. The Kier molecular flexibility index (Phi) is 7.29. The van der Waals surface area contributed by atoms with Gasteiger partial charge in [-0.1, -0.05) is 0 Å². The predicted molar refractivity (Wildman–Crippen MR) is 124 cm³/mol. The van der Waals surface area contributed by atoms with Crippen LogP contribution in [0.15, 0.2) is 36.5 Å². The van der Waals surface area contributed by atoms with E-state index in [1.165, 1.54) is 18.3 Å². The first-order chi connectivity index (χ1) is 17.3. The minimum atomic E-state index is -4.50. The number of carbonyl (C=O) groups excluding carboxylic acids is 2. The lowest BCUT2D eigenvalue weighted by Gasteiger charge is -2.40. The molecule has 12 heteroatoms. The third-order valence-corrected chi connectivity index (χ3v) is 6.60. The van der Waals surface area contributed by atoms with Crippen LogP contribution in [0.4, 0.5) is 27.8 Å². The number of amides is 2. The van der Waals surface area contributed by atoms with E-state index >= 15 is 0 Å². The first-order valence-corrected chi connectivity index (χ1v) is 11.9. The zero-order chi connectivity index (χ0) is 27.0. The Morgan fingerprint density at radius 1 is 1.05 bits per heavy atom. The Labute approximate surface area is 210 Å². The lowest BCUT2D eigenvalue weighted by atomic mass is 9.96. The minimum absolute atomic E-state index is 0.0331. The van der Waals surface area contributed by atoms with Gasteiger partial charge in [0.25, 0.3) is 11.8 Å². The molecule has 2 atom stereocenters. The molecule has 200 valence electrons. The van der Waals surface area contributed by atoms with Gasteiger partial charge in [-0.25, -0.2) is 13.8 Å². The van der Waals surface area contributed by atoms with Gasteiger partial charge in [0.2, 0.25) is 0 Å². The largest absolute Gasteiger partial charge is 0.478 e. The average molecular weight is 527 g/mol. The van der Waals surface area contributed by atoms with E-state index in [0.717, 1.165) is 25.0 Å². The smallest absolute Gasteiger partial charge is 0.405 e. The maximum absolute atomic E-state index is 13.5. The third kappa shape index (κ3) is 6.28. The van der Waals surface area contributed by atoms with Crippen molar-refractivity contribution in [3.63, 3.8) is 0 Å². The van der Waals surface area contributed by atoms with Gasteiger partial charge >= 0.3 is 6.18 Å². The van der Waals surface area contributed by atoms with E-state index in [4.69, 9.17) is 4.74 Å².